The quantitative estimate of drug-likeness (QED) is 0.665. The van der Waals surface area contributed by atoms with E-state index in [9.17, 15) is 8.78 Å². The van der Waals surface area contributed by atoms with Crippen molar-refractivity contribution < 1.29 is 8.78 Å². The number of nitrogens with one attached hydrogen (secondary N) is 1. The number of halogens is 2. The van der Waals surface area contributed by atoms with Crippen LogP contribution >= 0.6 is 0 Å². The first-order valence-electron chi connectivity index (χ1n) is 4.27. The van der Waals surface area contributed by atoms with Gasteiger partial charge in [-0.1, -0.05) is 0 Å². The van der Waals surface area contributed by atoms with Crippen LogP contribution in [0.2, 0.25) is 0 Å². The first-order valence-corrected chi connectivity index (χ1v) is 4.27. The summed E-state index contributed by atoms with van der Waals surface area (Å²) < 4.78 is 24.7. The van der Waals surface area contributed by atoms with Crippen molar-refractivity contribution in [3.63, 3.8) is 0 Å². The maximum Gasteiger partial charge on any atom is 0.106 e. The Labute approximate surface area is 71.9 Å². The van der Waals surface area contributed by atoms with Gasteiger partial charge in [-0.2, -0.15) is 0 Å². The highest BCUT2D eigenvalue weighted by Gasteiger charge is 2.30. The number of hydrogen-bond donors (Lipinski definition) is 1. The standard InChI is InChI=1S/C8H16F2N2/c1-6-8(4-10)11-7(3-9)5-12(6)2/h6-8,11H,3-5H2,1-2H3/t6-,7+,8+/m1/s1. The molecule has 0 aromatic carbocycles. The molecule has 72 valence electrons. The normalized spacial score (nSPS) is 38.5. The number of piperazine rings is 1. The van der Waals surface area contributed by atoms with E-state index in [0.29, 0.717) is 6.54 Å². The zero-order valence-corrected chi connectivity index (χ0v) is 7.56. The average molecular weight is 178 g/mol. The van der Waals surface area contributed by atoms with E-state index in [1.807, 2.05) is 18.9 Å². The lowest BCUT2D eigenvalue weighted by Gasteiger charge is -2.40. The molecule has 1 rings (SSSR count). The zero-order chi connectivity index (χ0) is 9.14. The molecule has 4 heteroatoms. The van der Waals surface area contributed by atoms with Gasteiger partial charge in [0.25, 0.3) is 0 Å². The fraction of sp³-hybridized carbons (Fsp3) is 1.00. The van der Waals surface area contributed by atoms with E-state index in [2.05, 4.69) is 5.32 Å². The van der Waals surface area contributed by atoms with Crippen LogP contribution < -0.4 is 5.32 Å². The van der Waals surface area contributed by atoms with Crippen molar-refractivity contribution in [3.05, 3.63) is 0 Å². The Balaban J connectivity index is 2.52. The second-order valence-electron chi connectivity index (χ2n) is 3.46. The number of likely N-dealkylation sites (N-methyl/N-ethyl adjacent to an activating group) is 1. The van der Waals surface area contributed by atoms with Crippen LogP contribution in [0.1, 0.15) is 6.92 Å². The first kappa shape index (κ1) is 9.86. The molecule has 1 heterocycles. The average Bonchev–Trinajstić information content (AvgIpc) is 2.09. The van der Waals surface area contributed by atoms with Crippen molar-refractivity contribution in [1.29, 1.82) is 0 Å². The summed E-state index contributed by atoms with van der Waals surface area (Å²) in [6.07, 6.45) is 0. The number of hydrogen-bond acceptors (Lipinski definition) is 2. The van der Waals surface area contributed by atoms with Gasteiger partial charge in [0.05, 0.1) is 6.04 Å². The molecule has 0 unspecified atom stereocenters. The Morgan fingerprint density at radius 1 is 1.42 bits per heavy atom. The highest BCUT2D eigenvalue weighted by molar-refractivity contribution is 4.89. The van der Waals surface area contributed by atoms with Crippen LogP contribution in [0.3, 0.4) is 0 Å². The largest absolute Gasteiger partial charge is 0.304 e. The topological polar surface area (TPSA) is 15.3 Å². The molecule has 0 saturated carbocycles. The summed E-state index contributed by atoms with van der Waals surface area (Å²) in [4.78, 5) is 1.99. The molecule has 0 spiro atoms. The maximum atomic E-state index is 12.4. The lowest BCUT2D eigenvalue weighted by atomic mass is 10.0. The minimum Gasteiger partial charge on any atom is -0.304 e. The zero-order valence-electron chi connectivity index (χ0n) is 7.56. The Kier molecular flexibility index (Phi) is 3.40. The van der Waals surface area contributed by atoms with Crippen LogP contribution in [0.4, 0.5) is 8.78 Å². The second-order valence-corrected chi connectivity index (χ2v) is 3.46. The van der Waals surface area contributed by atoms with Crippen molar-refractivity contribution in [2.75, 3.05) is 26.9 Å². The predicted octanol–water partition coefficient (Wildman–Crippen LogP) is 0.586. The molecule has 0 aliphatic carbocycles. The summed E-state index contributed by atoms with van der Waals surface area (Å²) in [6, 6.07) is -0.269. The molecule has 1 saturated heterocycles. The molecule has 12 heavy (non-hydrogen) atoms. The predicted molar refractivity (Wildman–Crippen MR) is 44.8 cm³/mol. The molecular formula is C8H16F2N2. The van der Waals surface area contributed by atoms with Gasteiger partial charge in [0.1, 0.15) is 13.3 Å². The summed E-state index contributed by atoms with van der Waals surface area (Å²) >= 11 is 0. The van der Waals surface area contributed by atoms with Gasteiger partial charge in [0.2, 0.25) is 0 Å². The third-order valence-electron chi connectivity index (χ3n) is 2.59. The second kappa shape index (κ2) is 4.14. The van der Waals surface area contributed by atoms with Gasteiger partial charge in [-0.05, 0) is 14.0 Å². The van der Waals surface area contributed by atoms with E-state index in [1.54, 1.807) is 0 Å². The van der Waals surface area contributed by atoms with E-state index in [4.69, 9.17) is 0 Å². The third kappa shape index (κ3) is 1.93. The minimum absolute atomic E-state index is 0.151. The van der Waals surface area contributed by atoms with Gasteiger partial charge in [-0.25, -0.2) is 8.78 Å². The van der Waals surface area contributed by atoms with E-state index in [-0.39, 0.29) is 18.1 Å². The fourth-order valence-electron chi connectivity index (χ4n) is 1.58. The first-order chi connectivity index (χ1) is 5.69. The van der Waals surface area contributed by atoms with Crippen molar-refractivity contribution in [1.82, 2.24) is 10.2 Å². The molecule has 0 aromatic heterocycles. The molecular weight excluding hydrogens is 162 g/mol. The smallest absolute Gasteiger partial charge is 0.106 e. The van der Waals surface area contributed by atoms with Crippen LogP contribution in [0, 0.1) is 0 Å². The Hall–Kier alpha value is -0.220. The summed E-state index contributed by atoms with van der Waals surface area (Å²) in [6.45, 7) is 1.76. The van der Waals surface area contributed by atoms with E-state index in [1.165, 1.54) is 0 Å². The van der Waals surface area contributed by atoms with Gasteiger partial charge >= 0.3 is 0 Å². The fourth-order valence-corrected chi connectivity index (χ4v) is 1.58. The number of alkyl halides is 2. The molecule has 0 radical (unpaired) electrons. The molecule has 0 amide bonds. The Bertz CT molecular complexity index is 143. The number of nitrogens with zero attached hydrogens (tertiary/aromatic N) is 1. The molecule has 2 nitrogen and oxygen atoms in total. The molecule has 0 aromatic rings. The summed E-state index contributed by atoms with van der Waals surface area (Å²) in [5, 5.41) is 2.94. The van der Waals surface area contributed by atoms with Crippen LogP contribution in [-0.2, 0) is 0 Å². The van der Waals surface area contributed by atoms with Crippen LogP contribution in [-0.4, -0.2) is 50.0 Å². The highest BCUT2D eigenvalue weighted by Crippen LogP contribution is 2.11. The SMILES string of the molecule is C[C@@H]1[C@H](CF)N[C@@H](CF)CN1C. The van der Waals surface area contributed by atoms with Gasteiger partial charge in [0.15, 0.2) is 0 Å². The molecule has 0 bridgehead atoms. The van der Waals surface area contributed by atoms with Gasteiger partial charge in [-0.3, -0.25) is 0 Å². The van der Waals surface area contributed by atoms with Gasteiger partial charge < -0.3 is 10.2 Å². The summed E-state index contributed by atoms with van der Waals surface area (Å²) in [5.74, 6) is 0. The third-order valence-corrected chi connectivity index (χ3v) is 2.59. The van der Waals surface area contributed by atoms with Crippen LogP contribution in [0.5, 0.6) is 0 Å². The molecule has 1 aliphatic rings. The molecule has 1 aliphatic heterocycles. The minimum atomic E-state index is -0.429. The van der Waals surface area contributed by atoms with Crippen molar-refractivity contribution in [2.24, 2.45) is 0 Å². The highest BCUT2D eigenvalue weighted by atomic mass is 19.1. The molecule has 1 fully saturated rings. The lowest BCUT2D eigenvalue weighted by Crippen LogP contribution is -2.61. The number of rotatable bonds is 2. The molecule has 1 N–H and O–H groups in total. The van der Waals surface area contributed by atoms with Crippen molar-refractivity contribution >= 4 is 0 Å². The van der Waals surface area contributed by atoms with E-state index < -0.39 is 13.3 Å². The Morgan fingerprint density at radius 2 is 2.08 bits per heavy atom. The monoisotopic (exact) mass is 178 g/mol. The molecule has 3 atom stereocenters. The van der Waals surface area contributed by atoms with Crippen LogP contribution in [0.15, 0.2) is 0 Å². The van der Waals surface area contributed by atoms with Crippen LogP contribution in [0.25, 0.3) is 0 Å². The summed E-state index contributed by atoms with van der Waals surface area (Å²) in [5.41, 5.74) is 0. The van der Waals surface area contributed by atoms with Crippen molar-refractivity contribution in [3.8, 4) is 0 Å². The van der Waals surface area contributed by atoms with E-state index >= 15 is 0 Å². The lowest BCUT2D eigenvalue weighted by molar-refractivity contribution is 0.102. The Morgan fingerprint density at radius 3 is 2.58 bits per heavy atom. The van der Waals surface area contributed by atoms with Crippen molar-refractivity contribution in [2.45, 2.75) is 25.0 Å². The maximum absolute atomic E-state index is 12.4. The van der Waals surface area contributed by atoms with Gasteiger partial charge in [-0.15, -0.1) is 0 Å². The summed E-state index contributed by atoms with van der Waals surface area (Å²) in [7, 11) is 1.90. The van der Waals surface area contributed by atoms with E-state index in [0.717, 1.165) is 0 Å². The van der Waals surface area contributed by atoms with Gasteiger partial charge in [0, 0.05) is 18.6 Å².